The van der Waals surface area contributed by atoms with E-state index in [0.29, 0.717) is 19.0 Å². The van der Waals surface area contributed by atoms with Gasteiger partial charge in [-0.3, -0.25) is 0 Å². The lowest BCUT2D eigenvalue weighted by atomic mass is 10.1. The molecule has 0 spiro atoms. The van der Waals surface area contributed by atoms with Crippen molar-refractivity contribution in [2.24, 2.45) is 5.73 Å². The molecule has 2 aromatic rings. The Bertz CT molecular complexity index is 525. The van der Waals surface area contributed by atoms with Gasteiger partial charge in [-0.05, 0) is 24.6 Å². The molecule has 0 amide bonds. The van der Waals surface area contributed by atoms with Crippen LogP contribution in [0.4, 0.5) is 10.3 Å². The third-order valence-corrected chi connectivity index (χ3v) is 2.56. The zero-order valence-corrected chi connectivity index (χ0v) is 10.2. The van der Waals surface area contributed by atoms with Crippen LogP contribution in [0.1, 0.15) is 5.69 Å². The topological polar surface area (TPSA) is 63.8 Å². The largest absolute Gasteiger partial charge is 0.353 e. The van der Waals surface area contributed by atoms with Crippen molar-refractivity contribution in [2.75, 3.05) is 18.4 Å². The summed E-state index contributed by atoms with van der Waals surface area (Å²) in [6, 6.07) is 6.28. The Kier molecular flexibility index (Phi) is 3.84. The van der Waals surface area contributed by atoms with E-state index in [1.165, 1.54) is 12.1 Å². The van der Waals surface area contributed by atoms with Gasteiger partial charge in [-0.25, -0.2) is 14.4 Å². The molecular formula is C13H15FN4. The fourth-order valence-corrected chi connectivity index (χ4v) is 1.65. The van der Waals surface area contributed by atoms with Gasteiger partial charge < -0.3 is 11.1 Å². The van der Waals surface area contributed by atoms with Crippen LogP contribution < -0.4 is 11.1 Å². The van der Waals surface area contributed by atoms with Gasteiger partial charge in [-0.1, -0.05) is 12.1 Å². The Labute approximate surface area is 105 Å². The van der Waals surface area contributed by atoms with Gasteiger partial charge in [0.1, 0.15) is 5.82 Å². The summed E-state index contributed by atoms with van der Waals surface area (Å²) in [4.78, 5) is 8.54. The van der Waals surface area contributed by atoms with Crippen molar-refractivity contribution in [3.63, 3.8) is 0 Å². The first-order valence-electron chi connectivity index (χ1n) is 5.74. The average Bonchev–Trinajstić information content (AvgIpc) is 2.38. The molecule has 0 aliphatic rings. The number of anilines is 1. The first kappa shape index (κ1) is 12.4. The molecule has 0 radical (unpaired) electrons. The molecule has 0 bridgehead atoms. The van der Waals surface area contributed by atoms with E-state index in [-0.39, 0.29) is 5.82 Å². The SMILES string of the molecule is Cc1nc(NCCN)ncc1-c1ccc(F)cc1. The molecule has 3 N–H and O–H groups in total. The molecule has 0 saturated carbocycles. The van der Waals surface area contributed by atoms with Crippen molar-refractivity contribution in [3.8, 4) is 11.1 Å². The van der Waals surface area contributed by atoms with Crippen molar-refractivity contribution in [2.45, 2.75) is 6.92 Å². The molecule has 1 aromatic carbocycles. The number of halogens is 1. The number of nitrogens with two attached hydrogens (primary N) is 1. The van der Waals surface area contributed by atoms with Crippen LogP contribution in [0.25, 0.3) is 11.1 Å². The molecule has 1 aromatic heterocycles. The zero-order chi connectivity index (χ0) is 13.0. The molecule has 0 saturated heterocycles. The predicted molar refractivity (Wildman–Crippen MR) is 69.7 cm³/mol. The Morgan fingerprint density at radius 3 is 2.61 bits per heavy atom. The van der Waals surface area contributed by atoms with E-state index in [2.05, 4.69) is 15.3 Å². The van der Waals surface area contributed by atoms with E-state index < -0.39 is 0 Å². The van der Waals surface area contributed by atoms with Crippen LogP contribution in [-0.4, -0.2) is 23.1 Å². The number of hydrogen-bond donors (Lipinski definition) is 2. The summed E-state index contributed by atoms with van der Waals surface area (Å²) in [5.74, 6) is 0.308. The molecule has 94 valence electrons. The molecule has 0 unspecified atom stereocenters. The Balaban J connectivity index is 2.26. The van der Waals surface area contributed by atoms with Crippen LogP contribution in [0, 0.1) is 12.7 Å². The summed E-state index contributed by atoms with van der Waals surface area (Å²) < 4.78 is 12.9. The number of benzene rings is 1. The summed E-state index contributed by atoms with van der Waals surface area (Å²) in [5, 5.41) is 3.02. The maximum atomic E-state index is 12.9. The van der Waals surface area contributed by atoms with E-state index in [1.807, 2.05) is 6.92 Å². The number of aromatic nitrogens is 2. The van der Waals surface area contributed by atoms with Crippen molar-refractivity contribution >= 4 is 5.95 Å². The Hall–Kier alpha value is -2.01. The van der Waals surface area contributed by atoms with Gasteiger partial charge in [-0.2, -0.15) is 0 Å². The lowest BCUT2D eigenvalue weighted by molar-refractivity contribution is 0.628. The molecule has 5 heteroatoms. The molecular weight excluding hydrogens is 231 g/mol. The lowest BCUT2D eigenvalue weighted by Gasteiger charge is -2.08. The first-order valence-corrected chi connectivity index (χ1v) is 5.74. The second kappa shape index (κ2) is 5.55. The number of nitrogens with one attached hydrogen (secondary N) is 1. The van der Waals surface area contributed by atoms with Crippen molar-refractivity contribution in [3.05, 3.63) is 42.0 Å². The van der Waals surface area contributed by atoms with Crippen LogP contribution in [0.3, 0.4) is 0 Å². The fraction of sp³-hybridized carbons (Fsp3) is 0.231. The van der Waals surface area contributed by atoms with Gasteiger partial charge in [0.2, 0.25) is 5.95 Å². The second-order valence-electron chi connectivity index (χ2n) is 3.92. The zero-order valence-electron chi connectivity index (χ0n) is 10.2. The third kappa shape index (κ3) is 2.81. The number of aryl methyl sites for hydroxylation is 1. The van der Waals surface area contributed by atoms with Gasteiger partial charge in [-0.15, -0.1) is 0 Å². The molecule has 0 fully saturated rings. The quantitative estimate of drug-likeness (QED) is 0.865. The molecule has 1 heterocycles. The van der Waals surface area contributed by atoms with Gasteiger partial charge in [0.15, 0.2) is 0 Å². The summed E-state index contributed by atoms with van der Waals surface area (Å²) in [6.07, 6.45) is 1.73. The van der Waals surface area contributed by atoms with Crippen molar-refractivity contribution in [1.82, 2.24) is 9.97 Å². The smallest absolute Gasteiger partial charge is 0.222 e. The lowest BCUT2D eigenvalue weighted by Crippen LogP contribution is -2.15. The van der Waals surface area contributed by atoms with E-state index in [9.17, 15) is 4.39 Å². The van der Waals surface area contributed by atoms with Crippen molar-refractivity contribution < 1.29 is 4.39 Å². The number of nitrogens with zero attached hydrogens (tertiary/aromatic N) is 2. The average molecular weight is 246 g/mol. The minimum atomic E-state index is -0.251. The van der Waals surface area contributed by atoms with Crippen LogP contribution in [0.5, 0.6) is 0 Å². The molecule has 0 atom stereocenters. The second-order valence-corrected chi connectivity index (χ2v) is 3.92. The van der Waals surface area contributed by atoms with Crippen LogP contribution in [-0.2, 0) is 0 Å². The standard InChI is InChI=1S/C13H15FN4/c1-9-12(10-2-4-11(14)5-3-10)8-17-13(18-9)16-7-6-15/h2-5,8H,6-7,15H2,1H3,(H,16,17,18). The molecule has 2 rings (SSSR count). The minimum Gasteiger partial charge on any atom is -0.353 e. The normalized spacial score (nSPS) is 10.4. The molecule has 4 nitrogen and oxygen atoms in total. The monoisotopic (exact) mass is 246 g/mol. The van der Waals surface area contributed by atoms with E-state index in [0.717, 1.165) is 16.8 Å². The summed E-state index contributed by atoms with van der Waals surface area (Å²) in [7, 11) is 0. The number of rotatable bonds is 4. The highest BCUT2D eigenvalue weighted by molar-refractivity contribution is 5.65. The highest BCUT2D eigenvalue weighted by atomic mass is 19.1. The predicted octanol–water partition coefficient (Wildman–Crippen LogP) is 1.96. The third-order valence-electron chi connectivity index (χ3n) is 2.56. The maximum absolute atomic E-state index is 12.9. The van der Waals surface area contributed by atoms with Gasteiger partial charge in [0.05, 0.1) is 5.69 Å². The minimum absolute atomic E-state index is 0.251. The first-order chi connectivity index (χ1) is 8.70. The van der Waals surface area contributed by atoms with E-state index >= 15 is 0 Å². The molecule has 18 heavy (non-hydrogen) atoms. The summed E-state index contributed by atoms with van der Waals surface area (Å²) >= 11 is 0. The number of hydrogen-bond acceptors (Lipinski definition) is 4. The van der Waals surface area contributed by atoms with Crippen LogP contribution in [0.15, 0.2) is 30.5 Å². The Morgan fingerprint density at radius 1 is 1.28 bits per heavy atom. The highest BCUT2D eigenvalue weighted by Crippen LogP contribution is 2.22. The van der Waals surface area contributed by atoms with Crippen molar-refractivity contribution in [1.29, 1.82) is 0 Å². The van der Waals surface area contributed by atoms with Gasteiger partial charge in [0.25, 0.3) is 0 Å². The summed E-state index contributed by atoms with van der Waals surface area (Å²) in [6.45, 7) is 3.06. The maximum Gasteiger partial charge on any atom is 0.222 e. The van der Waals surface area contributed by atoms with E-state index in [1.54, 1.807) is 18.3 Å². The molecule has 0 aliphatic heterocycles. The summed E-state index contributed by atoms with van der Waals surface area (Å²) in [5.41, 5.74) is 8.04. The van der Waals surface area contributed by atoms with Gasteiger partial charge in [0, 0.05) is 24.8 Å². The van der Waals surface area contributed by atoms with Gasteiger partial charge >= 0.3 is 0 Å². The molecule has 0 aliphatic carbocycles. The van der Waals surface area contributed by atoms with E-state index in [4.69, 9.17) is 5.73 Å². The fourth-order valence-electron chi connectivity index (χ4n) is 1.65. The Morgan fingerprint density at radius 2 is 2.00 bits per heavy atom. The van der Waals surface area contributed by atoms with Crippen LogP contribution in [0.2, 0.25) is 0 Å². The van der Waals surface area contributed by atoms with Crippen LogP contribution >= 0.6 is 0 Å². The highest BCUT2D eigenvalue weighted by Gasteiger charge is 2.05.